The van der Waals surface area contributed by atoms with E-state index in [0.717, 1.165) is 0 Å². The summed E-state index contributed by atoms with van der Waals surface area (Å²) in [6.45, 7) is 6.67. The lowest BCUT2D eigenvalue weighted by atomic mass is 10.2. The second-order valence-corrected chi connectivity index (χ2v) is 5.01. The van der Waals surface area contributed by atoms with Crippen molar-refractivity contribution in [2.75, 3.05) is 13.2 Å². The summed E-state index contributed by atoms with van der Waals surface area (Å²) in [7, 11) is 0. The number of allylic oxidation sites excluding steroid dienone is 1. The van der Waals surface area contributed by atoms with Crippen molar-refractivity contribution in [2.45, 2.75) is 33.3 Å². The molecule has 110 valence electrons. The monoisotopic (exact) mass is 277 g/mol. The Kier molecular flexibility index (Phi) is 6.81. The topological polar surface area (TPSA) is 58.6 Å². The molecule has 4 heteroatoms. The molecule has 0 radical (unpaired) electrons. The lowest BCUT2D eigenvalue weighted by molar-refractivity contribution is 0.0945. The molecule has 0 bridgehead atoms. The molecule has 1 amide bonds. The molecule has 0 aliphatic rings. The third-order valence-electron chi connectivity index (χ3n) is 2.69. The molecular weight excluding hydrogens is 254 g/mol. The Morgan fingerprint density at radius 2 is 2.20 bits per heavy atom. The van der Waals surface area contributed by atoms with Crippen molar-refractivity contribution >= 4 is 5.91 Å². The highest BCUT2D eigenvalue weighted by Crippen LogP contribution is 2.13. The molecule has 1 aromatic carbocycles. The van der Waals surface area contributed by atoms with Crippen LogP contribution in [0.2, 0.25) is 0 Å². The molecule has 0 fully saturated rings. The molecule has 0 spiro atoms. The molecule has 1 unspecified atom stereocenters. The van der Waals surface area contributed by atoms with Crippen LogP contribution >= 0.6 is 0 Å². The standard InChI is InChI=1S/C16H23NO3/c1-12(2)8-10-20-15-6-4-5-14(11-15)16(19)17-9-7-13(3)18/h4-6,8,11,13,18H,7,9-10H2,1-3H3,(H,17,19). The molecule has 1 aromatic rings. The SMILES string of the molecule is CC(C)=CCOc1cccc(C(=O)NCCC(C)O)c1. The number of benzene rings is 1. The molecule has 4 nitrogen and oxygen atoms in total. The number of rotatable bonds is 7. The first-order valence-electron chi connectivity index (χ1n) is 6.81. The average Bonchev–Trinajstić information content (AvgIpc) is 2.38. The van der Waals surface area contributed by atoms with Crippen LogP contribution in [0.5, 0.6) is 5.75 Å². The van der Waals surface area contributed by atoms with Gasteiger partial charge in [-0.1, -0.05) is 11.6 Å². The minimum absolute atomic E-state index is 0.154. The van der Waals surface area contributed by atoms with Gasteiger partial charge < -0.3 is 15.2 Å². The van der Waals surface area contributed by atoms with Gasteiger partial charge in [-0.15, -0.1) is 0 Å². The van der Waals surface area contributed by atoms with Gasteiger partial charge in [0.15, 0.2) is 0 Å². The normalized spacial score (nSPS) is 11.6. The minimum Gasteiger partial charge on any atom is -0.490 e. The van der Waals surface area contributed by atoms with Crippen molar-refractivity contribution in [1.82, 2.24) is 5.32 Å². The number of ether oxygens (including phenoxy) is 1. The molecule has 0 heterocycles. The third-order valence-corrected chi connectivity index (χ3v) is 2.69. The number of carbonyl (C=O) groups is 1. The Balaban J connectivity index is 2.54. The van der Waals surface area contributed by atoms with E-state index in [4.69, 9.17) is 9.84 Å². The van der Waals surface area contributed by atoms with E-state index in [2.05, 4.69) is 5.32 Å². The predicted molar refractivity (Wildman–Crippen MR) is 80.0 cm³/mol. The van der Waals surface area contributed by atoms with Gasteiger partial charge in [0.25, 0.3) is 5.91 Å². The molecule has 0 aliphatic carbocycles. The van der Waals surface area contributed by atoms with Crippen LogP contribution in [0.1, 0.15) is 37.6 Å². The third kappa shape index (κ3) is 6.38. The van der Waals surface area contributed by atoms with Gasteiger partial charge in [-0.2, -0.15) is 0 Å². The number of nitrogens with one attached hydrogen (secondary N) is 1. The van der Waals surface area contributed by atoms with E-state index in [9.17, 15) is 4.79 Å². The van der Waals surface area contributed by atoms with Crippen molar-refractivity contribution in [1.29, 1.82) is 0 Å². The zero-order chi connectivity index (χ0) is 15.0. The van der Waals surface area contributed by atoms with Gasteiger partial charge in [0.05, 0.1) is 6.10 Å². The summed E-state index contributed by atoms with van der Waals surface area (Å²) >= 11 is 0. The van der Waals surface area contributed by atoms with Crippen LogP contribution in [0.4, 0.5) is 0 Å². The molecule has 0 saturated carbocycles. The van der Waals surface area contributed by atoms with Crippen molar-refractivity contribution in [3.63, 3.8) is 0 Å². The van der Waals surface area contributed by atoms with Crippen LogP contribution in [0.25, 0.3) is 0 Å². The van der Waals surface area contributed by atoms with Crippen LogP contribution in [-0.4, -0.2) is 30.3 Å². The fourth-order valence-electron chi connectivity index (χ4n) is 1.53. The number of hydrogen-bond donors (Lipinski definition) is 2. The van der Waals surface area contributed by atoms with Gasteiger partial charge in [0, 0.05) is 12.1 Å². The van der Waals surface area contributed by atoms with E-state index in [-0.39, 0.29) is 5.91 Å². The summed E-state index contributed by atoms with van der Waals surface area (Å²) in [4.78, 5) is 11.9. The van der Waals surface area contributed by atoms with E-state index in [0.29, 0.717) is 30.9 Å². The van der Waals surface area contributed by atoms with E-state index in [1.54, 1.807) is 25.1 Å². The smallest absolute Gasteiger partial charge is 0.251 e. The molecule has 20 heavy (non-hydrogen) atoms. The highest BCUT2D eigenvalue weighted by Gasteiger charge is 2.06. The summed E-state index contributed by atoms with van der Waals surface area (Å²) in [6, 6.07) is 7.08. The van der Waals surface area contributed by atoms with E-state index < -0.39 is 6.10 Å². The fourth-order valence-corrected chi connectivity index (χ4v) is 1.53. The largest absolute Gasteiger partial charge is 0.490 e. The minimum atomic E-state index is -0.408. The molecular formula is C16H23NO3. The second-order valence-electron chi connectivity index (χ2n) is 5.01. The maximum absolute atomic E-state index is 11.9. The molecule has 1 rings (SSSR count). The number of amides is 1. The van der Waals surface area contributed by atoms with Gasteiger partial charge in [-0.3, -0.25) is 4.79 Å². The number of aliphatic hydroxyl groups excluding tert-OH is 1. The zero-order valence-electron chi connectivity index (χ0n) is 12.3. The van der Waals surface area contributed by atoms with E-state index >= 15 is 0 Å². The van der Waals surface area contributed by atoms with Crippen LogP contribution in [0.15, 0.2) is 35.9 Å². The highest BCUT2D eigenvalue weighted by atomic mass is 16.5. The van der Waals surface area contributed by atoms with Crippen LogP contribution in [-0.2, 0) is 0 Å². The van der Waals surface area contributed by atoms with Crippen molar-refractivity contribution < 1.29 is 14.6 Å². The first-order chi connectivity index (χ1) is 9.49. The van der Waals surface area contributed by atoms with Gasteiger partial charge in [0.2, 0.25) is 0 Å². The highest BCUT2D eigenvalue weighted by molar-refractivity contribution is 5.94. The number of hydrogen-bond acceptors (Lipinski definition) is 3. The van der Waals surface area contributed by atoms with Crippen molar-refractivity contribution in [3.05, 3.63) is 41.5 Å². The Morgan fingerprint density at radius 1 is 1.45 bits per heavy atom. The Hall–Kier alpha value is -1.81. The van der Waals surface area contributed by atoms with Gasteiger partial charge in [-0.25, -0.2) is 0 Å². The summed E-state index contributed by atoms with van der Waals surface area (Å²) in [5, 5.41) is 11.9. The van der Waals surface area contributed by atoms with Gasteiger partial charge in [-0.05, 0) is 51.5 Å². The first-order valence-corrected chi connectivity index (χ1v) is 6.81. The van der Waals surface area contributed by atoms with Crippen LogP contribution in [0.3, 0.4) is 0 Å². The Morgan fingerprint density at radius 3 is 2.85 bits per heavy atom. The van der Waals surface area contributed by atoms with Crippen LogP contribution < -0.4 is 10.1 Å². The van der Waals surface area contributed by atoms with Gasteiger partial charge >= 0.3 is 0 Å². The second kappa shape index (κ2) is 8.38. The van der Waals surface area contributed by atoms with Crippen LogP contribution in [0, 0.1) is 0 Å². The summed E-state index contributed by atoms with van der Waals surface area (Å²) in [6.07, 6.45) is 2.12. The molecule has 0 saturated heterocycles. The predicted octanol–water partition coefficient (Wildman–Crippen LogP) is 2.53. The van der Waals surface area contributed by atoms with E-state index in [1.807, 2.05) is 26.0 Å². The summed E-state index contributed by atoms with van der Waals surface area (Å²) in [5.41, 5.74) is 1.75. The quantitative estimate of drug-likeness (QED) is 0.753. The lowest BCUT2D eigenvalue weighted by Gasteiger charge is -2.08. The van der Waals surface area contributed by atoms with Gasteiger partial charge in [0.1, 0.15) is 12.4 Å². The zero-order valence-corrected chi connectivity index (χ0v) is 12.3. The Labute approximate surface area is 120 Å². The molecule has 0 aliphatic heterocycles. The van der Waals surface area contributed by atoms with Crippen molar-refractivity contribution in [2.24, 2.45) is 0 Å². The summed E-state index contributed by atoms with van der Waals surface area (Å²) < 4.78 is 5.55. The van der Waals surface area contributed by atoms with Crippen molar-refractivity contribution in [3.8, 4) is 5.75 Å². The lowest BCUT2D eigenvalue weighted by Crippen LogP contribution is -2.26. The van der Waals surface area contributed by atoms with E-state index in [1.165, 1.54) is 5.57 Å². The maximum Gasteiger partial charge on any atom is 0.251 e. The molecule has 0 aromatic heterocycles. The number of aliphatic hydroxyl groups is 1. The summed E-state index contributed by atoms with van der Waals surface area (Å²) in [5.74, 6) is 0.518. The Bertz CT molecular complexity index is 463. The first kappa shape index (κ1) is 16.2. The molecule has 1 atom stereocenters. The fraction of sp³-hybridized carbons (Fsp3) is 0.438. The number of carbonyl (C=O) groups excluding carboxylic acids is 1. The maximum atomic E-state index is 11.9. The average molecular weight is 277 g/mol. The molecule has 2 N–H and O–H groups in total.